The molecule has 2 amide bonds. The van der Waals surface area contributed by atoms with Crippen molar-refractivity contribution in [1.29, 1.82) is 0 Å². The Hall–Kier alpha value is -1.50. The summed E-state index contributed by atoms with van der Waals surface area (Å²) in [6.07, 6.45) is 3.82. The molecular formula is C17H28N4O2S. The zero-order valence-corrected chi connectivity index (χ0v) is 15.7. The fraction of sp³-hybridized carbons (Fsp3) is 0.706. The molecule has 0 bridgehead atoms. The number of amides is 2. The van der Waals surface area contributed by atoms with Crippen LogP contribution in [0, 0.1) is 6.92 Å². The summed E-state index contributed by atoms with van der Waals surface area (Å²) in [5.74, 6) is 2.85. The molecule has 0 fully saturated rings. The van der Waals surface area contributed by atoms with Crippen LogP contribution in [-0.4, -0.2) is 45.7 Å². The lowest BCUT2D eigenvalue weighted by atomic mass is 10.2. The molecule has 2 rings (SSSR count). The van der Waals surface area contributed by atoms with Crippen molar-refractivity contribution in [3.05, 3.63) is 11.8 Å². The highest BCUT2D eigenvalue weighted by Gasteiger charge is 2.32. The van der Waals surface area contributed by atoms with Crippen LogP contribution in [0.3, 0.4) is 0 Å². The van der Waals surface area contributed by atoms with Crippen LogP contribution in [0.4, 0.5) is 5.82 Å². The molecule has 1 N–H and O–H groups in total. The second-order valence-corrected chi connectivity index (χ2v) is 7.39. The van der Waals surface area contributed by atoms with E-state index in [-0.39, 0.29) is 11.8 Å². The fourth-order valence-electron chi connectivity index (χ4n) is 2.75. The number of hydrogen-bond donors (Lipinski definition) is 1. The summed E-state index contributed by atoms with van der Waals surface area (Å²) in [4.78, 5) is 26.3. The standard InChI is InChI=1S/C17H28N4O2S/c1-4-5-10-24-11-6-8-18-17(23)14(3)21-15-12-13(2)19-20(15)9-7-16(21)22/h12,14H,4-11H2,1-3H3,(H,18,23)/t14-/m0/s1. The number of carbonyl (C=O) groups is 2. The monoisotopic (exact) mass is 352 g/mol. The van der Waals surface area contributed by atoms with E-state index >= 15 is 0 Å². The molecule has 0 radical (unpaired) electrons. The Kier molecular flexibility index (Phi) is 7.15. The zero-order valence-electron chi connectivity index (χ0n) is 14.9. The van der Waals surface area contributed by atoms with E-state index in [1.165, 1.54) is 18.6 Å². The number of anilines is 1. The maximum atomic E-state index is 12.4. The third-order valence-corrected chi connectivity index (χ3v) is 5.26. The van der Waals surface area contributed by atoms with Gasteiger partial charge in [0, 0.05) is 19.0 Å². The van der Waals surface area contributed by atoms with Gasteiger partial charge >= 0.3 is 0 Å². The minimum Gasteiger partial charge on any atom is -0.354 e. The predicted molar refractivity (Wildman–Crippen MR) is 98.4 cm³/mol. The summed E-state index contributed by atoms with van der Waals surface area (Å²) in [7, 11) is 0. The maximum Gasteiger partial charge on any atom is 0.242 e. The van der Waals surface area contributed by atoms with Crippen LogP contribution in [-0.2, 0) is 16.1 Å². The van der Waals surface area contributed by atoms with Gasteiger partial charge in [0.05, 0.1) is 12.2 Å². The molecule has 6 nitrogen and oxygen atoms in total. The van der Waals surface area contributed by atoms with E-state index in [9.17, 15) is 9.59 Å². The van der Waals surface area contributed by atoms with E-state index < -0.39 is 6.04 Å². The Morgan fingerprint density at radius 1 is 1.42 bits per heavy atom. The first-order valence-electron chi connectivity index (χ1n) is 8.76. The molecular weight excluding hydrogens is 324 g/mol. The molecule has 1 aromatic heterocycles. The van der Waals surface area contributed by atoms with Crippen molar-refractivity contribution in [3.8, 4) is 0 Å². The van der Waals surface area contributed by atoms with Gasteiger partial charge in [-0.3, -0.25) is 14.5 Å². The third-order valence-electron chi connectivity index (χ3n) is 4.11. The second-order valence-electron chi connectivity index (χ2n) is 6.17. The molecule has 0 unspecified atom stereocenters. The van der Waals surface area contributed by atoms with E-state index in [2.05, 4.69) is 17.3 Å². The van der Waals surface area contributed by atoms with E-state index in [0.29, 0.717) is 19.5 Å². The van der Waals surface area contributed by atoms with Gasteiger partial charge in [0.1, 0.15) is 11.9 Å². The fourth-order valence-corrected chi connectivity index (χ4v) is 3.80. The van der Waals surface area contributed by atoms with Gasteiger partial charge in [0.15, 0.2) is 0 Å². The highest BCUT2D eigenvalue weighted by Crippen LogP contribution is 2.24. The lowest BCUT2D eigenvalue weighted by molar-refractivity contribution is -0.126. The van der Waals surface area contributed by atoms with Crippen molar-refractivity contribution in [2.24, 2.45) is 0 Å². The third kappa shape index (κ3) is 4.75. The van der Waals surface area contributed by atoms with Gasteiger partial charge in [-0.05, 0) is 38.2 Å². The molecule has 134 valence electrons. The van der Waals surface area contributed by atoms with E-state index in [1.807, 2.05) is 29.4 Å². The molecule has 2 heterocycles. The number of fused-ring (bicyclic) bond motifs is 1. The van der Waals surface area contributed by atoms with E-state index in [4.69, 9.17) is 0 Å². The second kappa shape index (κ2) is 9.11. The van der Waals surface area contributed by atoms with Crippen molar-refractivity contribution in [2.45, 2.75) is 59.0 Å². The van der Waals surface area contributed by atoms with Crippen molar-refractivity contribution in [1.82, 2.24) is 15.1 Å². The number of thioether (sulfide) groups is 1. The first kappa shape index (κ1) is 18.8. The van der Waals surface area contributed by atoms with E-state index in [0.717, 1.165) is 23.7 Å². The molecule has 0 aromatic carbocycles. The van der Waals surface area contributed by atoms with Crippen LogP contribution < -0.4 is 10.2 Å². The summed E-state index contributed by atoms with van der Waals surface area (Å²) in [5.41, 5.74) is 0.862. The Labute approximate surface area is 148 Å². The summed E-state index contributed by atoms with van der Waals surface area (Å²) in [6.45, 7) is 7.11. The Bertz CT molecular complexity index is 573. The highest BCUT2D eigenvalue weighted by molar-refractivity contribution is 7.99. The van der Waals surface area contributed by atoms with Gasteiger partial charge < -0.3 is 5.32 Å². The number of rotatable bonds is 9. The number of aromatic nitrogens is 2. The van der Waals surface area contributed by atoms with Crippen LogP contribution in [0.25, 0.3) is 0 Å². The molecule has 0 aliphatic carbocycles. The summed E-state index contributed by atoms with van der Waals surface area (Å²) >= 11 is 1.93. The molecule has 0 saturated heterocycles. The number of carbonyl (C=O) groups excluding carboxylic acids is 2. The van der Waals surface area contributed by atoms with Gasteiger partial charge in [-0.1, -0.05) is 13.3 Å². The minimum atomic E-state index is -0.514. The van der Waals surface area contributed by atoms with Crippen LogP contribution in [0.2, 0.25) is 0 Å². The number of aryl methyl sites for hydroxylation is 2. The highest BCUT2D eigenvalue weighted by atomic mass is 32.2. The quantitative estimate of drug-likeness (QED) is 0.693. The molecule has 1 aliphatic rings. The van der Waals surface area contributed by atoms with Crippen molar-refractivity contribution in [3.63, 3.8) is 0 Å². The number of nitrogens with zero attached hydrogens (tertiary/aromatic N) is 3. The summed E-state index contributed by atoms with van der Waals surface area (Å²) < 4.78 is 1.81. The minimum absolute atomic E-state index is 0.0137. The van der Waals surface area contributed by atoms with Crippen LogP contribution >= 0.6 is 11.8 Å². The average molecular weight is 353 g/mol. The Morgan fingerprint density at radius 3 is 2.92 bits per heavy atom. The summed E-state index contributed by atoms with van der Waals surface area (Å²) in [5, 5.41) is 7.33. The van der Waals surface area contributed by atoms with Gasteiger partial charge in [-0.25, -0.2) is 4.68 Å². The molecule has 1 aromatic rings. The van der Waals surface area contributed by atoms with Crippen molar-refractivity contribution in [2.75, 3.05) is 23.0 Å². The van der Waals surface area contributed by atoms with Crippen molar-refractivity contribution >= 4 is 29.4 Å². The van der Waals surface area contributed by atoms with Crippen molar-refractivity contribution < 1.29 is 9.59 Å². The predicted octanol–water partition coefficient (Wildman–Crippen LogP) is 2.36. The molecule has 1 atom stereocenters. The van der Waals surface area contributed by atoms with Crippen LogP contribution in [0.15, 0.2) is 6.07 Å². The van der Waals surface area contributed by atoms with E-state index in [1.54, 1.807) is 11.8 Å². The Morgan fingerprint density at radius 2 is 2.17 bits per heavy atom. The molecule has 1 aliphatic heterocycles. The number of hydrogen-bond acceptors (Lipinski definition) is 4. The number of unbranched alkanes of at least 4 members (excludes halogenated alkanes) is 1. The van der Waals surface area contributed by atoms with Gasteiger partial charge in [-0.2, -0.15) is 16.9 Å². The SMILES string of the molecule is CCCCSCCCNC(=O)[C@H](C)N1C(=O)CCn2nc(C)cc21. The summed E-state index contributed by atoms with van der Waals surface area (Å²) in [6, 6.07) is 1.35. The molecule has 0 spiro atoms. The lowest BCUT2D eigenvalue weighted by Gasteiger charge is -2.31. The Balaban J connectivity index is 1.83. The van der Waals surface area contributed by atoms with Gasteiger partial charge in [-0.15, -0.1) is 0 Å². The molecule has 0 saturated carbocycles. The van der Waals surface area contributed by atoms with Crippen LogP contribution in [0.5, 0.6) is 0 Å². The first-order chi connectivity index (χ1) is 11.5. The largest absolute Gasteiger partial charge is 0.354 e. The molecule has 7 heteroatoms. The van der Waals surface area contributed by atoms with Crippen LogP contribution in [0.1, 0.15) is 45.2 Å². The van der Waals surface area contributed by atoms with Gasteiger partial charge in [0.2, 0.25) is 11.8 Å². The lowest BCUT2D eigenvalue weighted by Crippen LogP contribution is -2.51. The topological polar surface area (TPSA) is 67.2 Å². The first-order valence-corrected chi connectivity index (χ1v) is 9.92. The smallest absolute Gasteiger partial charge is 0.242 e. The normalized spacial score (nSPS) is 15.3. The average Bonchev–Trinajstić information content (AvgIpc) is 2.93. The maximum absolute atomic E-state index is 12.4. The number of nitrogens with one attached hydrogen (secondary N) is 1. The van der Waals surface area contributed by atoms with Gasteiger partial charge in [0.25, 0.3) is 0 Å². The zero-order chi connectivity index (χ0) is 17.5. The molecule has 24 heavy (non-hydrogen) atoms.